The molecule has 0 aliphatic carbocycles. The van der Waals surface area contributed by atoms with Gasteiger partial charge in [0, 0.05) is 12.4 Å². The van der Waals surface area contributed by atoms with Crippen molar-refractivity contribution >= 4 is 11.8 Å². The summed E-state index contributed by atoms with van der Waals surface area (Å²) in [6, 6.07) is 0. The maximum absolute atomic E-state index is 12.4. The van der Waals surface area contributed by atoms with Crippen LogP contribution in [0.3, 0.4) is 0 Å². The monoisotopic (exact) mass is 256 g/mol. The zero-order valence-corrected chi connectivity index (χ0v) is 9.61. The molecule has 2 aliphatic rings. The van der Waals surface area contributed by atoms with Gasteiger partial charge in [-0.1, -0.05) is 0 Å². The normalized spacial score (nSPS) is 37.9. The van der Waals surface area contributed by atoms with Crippen LogP contribution in [0, 0.1) is 5.92 Å². The number of hydrogen-bond acceptors (Lipinski definition) is 3. The van der Waals surface area contributed by atoms with Crippen LogP contribution in [0.1, 0.15) is 19.3 Å². The number of halogens is 3. The lowest BCUT2D eigenvalue weighted by Gasteiger charge is -2.39. The molecule has 2 saturated heterocycles. The molecular weight excluding hydrogens is 241 g/mol. The van der Waals surface area contributed by atoms with E-state index in [0.29, 0.717) is 19.4 Å². The first kappa shape index (κ1) is 12.5. The first-order valence-electron chi connectivity index (χ1n) is 5.39. The summed E-state index contributed by atoms with van der Waals surface area (Å²) < 4.78 is 42.9. The molecule has 94 valence electrons. The first-order chi connectivity index (χ1) is 7.43. The van der Waals surface area contributed by atoms with E-state index in [9.17, 15) is 18.3 Å². The van der Waals surface area contributed by atoms with Crippen LogP contribution in [0.4, 0.5) is 13.2 Å². The van der Waals surface area contributed by atoms with Gasteiger partial charge in [0.2, 0.25) is 0 Å². The van der Waals surface area contributed by atoms with E-state index in [2.05, 4.69) is 0 Å². The molecule has 2 heterocycles. The van der Waals surface area contributed by atoms with Crippen molar-refractivity contribution in [2.45, 2.75) is 37.1 Å². The highest BCUT2D eigenvalue weighted by atomic mass is 32.2. The molecule has 0 amide bonds. The molecule has 6 heteroatoms. The van der Waals surface area contributed by atoms with Gasteiger partial charge in [-0.3, -0.25) is 0 Å². The summed E-state index contributed by atoms with van der Waals surface area (Å²) in [7, 11) is 0. The van der Waals surface area contributed by atoms with Gasteiger partial charge < -0.3 is 9.84 Å². The predicted octanol–water partition coefficient (Wildman–Crippen LogP) is 2.21. The molecule has 2 nitrogen and oxygen atoms in total. The van der Waals surface area contributed by atoms with E-state index in [0.717, 1.165) is 17.9 Å². The van der Waals surface area contributed by atoms with Gasteiger partial charge in [0.15, 0.2) is 6.10 Å². The number of alkyl halides is 3. The van der Waals surface area contributed by atoms with Gasteiger partial charge >= 0.3 is 6.18 Å². The zero-order chi connectivity index (χ0) is 11.8. The molecule has 0 aromatic heterocycles. The highest BCUT2D eigenvalue weighted by Crippen LogP contribution is 2.43. The van der Waals surface area contributed by atoms with Crippen molar-refractivity contribution in [3.63, 3.8) is 0 Å². The van der Waals surface area contributed by atoms with Crippen LogP contribution in [0.5, 0.6) is 0 Å². The van der Waals surface area contributed by atoms with Gasteiger partial charge in [-0.25, -0.2) is 0 Å². The third kappa shape index (κ3) is 2.49. The second-order valence-electron chi connectivity index (χ2n) is 4.57. The maximum atomic E-state index is 12.4. The summed E-state index contributed by atoms with van der Waals surface area (Å²) in [6.45, 7) is 0.332. The Morgan fingerprint density at radius 2 is 2.19 bits per heavy atom. The van der Waals surface area contributed by atoms with E-state index < -0.39 is 23.8 Å². The fraction of sp³-hybridized carbons (Fsp3) is 1.00. The molecule has 0 bridgehead atoms. The maximum Gasteiger partial charge on any atom is 0.414 e. The molecule has 1 N–H and O–H groups in total. The van der Waals surface area contributed by atoms with Crippen molar-refractivity contribution < 1.29 is 23.0 Å². The van der Waals surface area contributed by atoms with Crippen LogP contribution in [-0.2, 0) is 4.74 Å². The lowest BCUT2D eigenvalue weighted by Crippen LogP contribution is -2.47. The molecule has 0 radical (unpaired) electrons. The minimum Gasteiger partial charge on any atom is -0.383 e. The molecule has 2 unspecified atom stereocenters. The summed E-state index contributed by atoms with van der Waals surface area (Å²) >= 11 is 1.71. The van der Waals surface area contributed by atoms with Gasteiger partial charge in [0.05, 0.1) is 5.60 Å². The molecule has 0 aromatic carbocycles. The highest BCUT2D eigenvalue weighted by molar-refractivity contribution is 7.99. The SMILES string of the molecule is O[C@@H](C1CCOC2(CCSC2)C1)C(F)(F)F. The summed E-state index contributed by atoms with van der Waals surface area (Å²) in [4.78, 5) is 0. The van der Waals surface area contributed by atoms with Crippen molar-refractivity contribution in [2.75, 3.05) is 18.1 Å². The Bertz CT molecular complexity index is 251. The second kappa shape index (κ2) is 4.38. The van der Waals surface area contributed by atoms with Gasteiger partial charge in [0.25, 0.3) is 0 Å². The van der Waals surface area contributed by atoms with E-state index in [-0.39, 0.29) is 0 Å². The lowest BCUT2D eigenvalue weighted by atomic mass is 9.82. The van der Waals surface area contributed by atoms with E-state index >= 15 is 0 Å². The number of rotatable bonds is 1. The number of aliphatic hydroxyl groups is 1. The van der Waals surface area contributed by atoms with Crippen LogP contribution in [0.2, 0.25) is 0 Å². The molecule has 16 heavy (non-hydrogen) atoms. The third-order valence-corrected chi connectivity index (χ3v) is 4.60. The largest absolute Gasteiger partial charge is 0.414 e. The number of hydrogen-bond donors (Lipinski definition) is 1. The second-order valence-corrected chi connectivity index (χ2v) is 5.68. The Labute approximate surface area is 96.5 Å². The van der Waals surface area contributed by atoms with Crippen LogP contribution in [0.25, 0.3) is 0 Å². The number of thioether (sulfide) groups is 1. The van der Waals surface area contributed by atoms with Crippen molar-refractivity contribution in [3.05, 3.63) is 0 Å². The minimum atomic E-state index is -4.51. The van der Waals surface area contributed by atoms with E-state index in [1.165, 1.54) is 0 Å². The molecule has 2 fully saturated rings. The summed E-state index contributed by atoms with van der Waals surface area (Å²) in [5.41, 5.74) is -0.403. The van der Waals surface area contributed by atoms with E-state index in [1.54, 1.807) is 11.8 Å². The van der Waals surface area contributed by atoms with Gasteiger partial charge in [-0.15, -0.1) is 0 Å². The summed E-state index contributed by atoms with van der Waals surface area (Å²) in [5, 5.41) is 9.27. The van der Waals surface area contributed by atoms with Crippen LogP contribution in [0.15, 0.2) is 0 Å². The van der Waals surface area contributed by atoms with Crippen LogP contribution in [-0.4, -0.2) is 41.1 Å². The molecule has 2 aliphatic heterocycles. The molecular formula is C10H15F3O2S. The van der Waals surface area contributed by atoms with Crippen molar-refractivity contribution in [1.82, 2.24) is 0 Å². The third-order valence-electron chi connectivity index (χ3n) is 3.38. The molecule has 2 rings (SSSR count). The first-order valence-corrected chi connectivity index (χ1v) is 6.55. The van der Waals surface area contributed by atoms with Gasteiger partial charge in [-0.05, 0) is 30.9 Å². The molecule has 3 atom stereocenters. The average molecular weight is 256 g/mol. The van der Waals surface area contributed by atoms with Gasteiger partial charge in [0.1, 0.15) is 0 Å². The quantitative estimate of drug-likeness (QED) is 0.780. The fourth-order valence-corrected chi connectivity index (χ4v) is 3.84. The standard InChI is InChI=1S/C10H15F3O2S/c11-10(12,13)8(14)7-1-3-15-9(5-7)2-4-16-6-9/h7-8,14H,1-6H2/t7?,8-,9?/m0/s1. The smallest absolute Gasteiger partial charge is 0.383 e. The van der Waals surface area contributed by atoms with Crippen LogP contribution >= 0.6 is 11.8 Å². The van der Waals surface area contributed by atoms with E-state index in [4.69, 9.17) is 4.74 Å². The fourth-order valence-electron chi connectivity index (χ4n) is 2.47. The Kier molecular flexibility index (Phi) is 3.43. The topological polar surface area (TPSA) is 29.5 Å². The summed E-state index contributed by atoms with van der Waals surface area (Å²) in [5.74, 6) is 0.996. The Morgan fingerprint density at radius 3 is 2.75 bits per heavy atom. The number of aliphatic hydroxyl groups excluding tert-OH is 1. The van der Waals surface area contributed by atoms with Crippen molar-refractivity contribution in [1.29, 1.82) is 0 Å². The Balaban J connectivity index is 2.01. The van der Waals surface area contributed by atoms with Crippen LogP contribution < -0.4 is 0 Å². The molecule has 1 spiro atoms. The Hall–Kier alpha value is 0.0600. The van der Waals surface area contributed by atoms with Gasteiger partial charge in [-0.2, -0.15) is 24.9 Å². The zero-order valence-electron chi connectivity index (χ0n) is 8.79. The Morgan fingerprint density at radius 1 is 1.44 bits per heavy atom. The molecule has 0 saturated carbocycles. The lowest BCUT2D eigenvalue weighted by molar-refractivity contribution is -0.233. The molecule has 0 aromatic rings. The number of ether oxygens (including phenoxy) is 1. The predicted molar refractivity (Wildman–Crippen MR) is 55.4 cm³/mol. The highest BCUT2D eigenvalue weighted by Gasteiger charge is 2.49. The van der Waals surface area contributed by atoms with Crippen molar-refractivity contribution in [2.24, 2.45) is 5.92 Å². The minimum absolute atomic E-state index is 0.299. The average Bonchev–Trinajstić information content (AvgIpc) is 2.64. The van der Waals surface area contributed by atoms with E-state index in [1.807, 2.05) is 0 Å². The summed E-state index contributed by atoms with van der Waals surface area (Å²) in [6.07, 6.45) is -5.26. The van der Waals surface area contributed by atoms with Crippen molar-refractivity contribution in [3.8, 4) is 0 Å².